The summed E-state index contributed by atoms with van der Waals surface area (Å²) < 4.78 is 0. The van der Waals surface area contributed by atoms with Crippen molar-refractivity contribution in [3.8, 4) is 0 Å². The third-order valence-electron chi connectivity index (χ3n) is 4.79. The maximum atomic E-state index is 12.6. The molecule has 2 rings (SSSR count). The maximum absolute atomic E-state index is 12.6. The molecule has 1 aromatic carbocycles. The minimum Gasteiger partial charge on any atom is -0.349 e. The molecule has 0 unspecified atom stereocenters. The lowest BCUT2D eigenvalue weighted by molar-refractivity contribution is 0.0920. The Morgan fingerprint density at radius 3 is 2.59 bits per heavy atom. The van der Waals surface area contributed by atoms with Crippen LogP contribution >= 0.6 is 0 Å². The summed E-state index contributed by atoms with van der Waals surface area (Å²) in [7, 11) is 1.94. The minimum atomic E-state index is 0.102. The normalized spacial score (nSPS) is 21.5. The number of rotatable bonds is 7. The Labute approximate surface area is 134 Å². The first-order chi connectivity index (χ1) is 10.7. The number of carbonyl (C=O) groups is 1. The molecule has 122 valence electrons. The summed E-state index contributed by atoms with van der Waals surface area (Å²) in [4.78, 5) is 12.6. The van der Waals surface area contributed by atoms with Crippen molar-refractivity contribution in [3.05, 3.63) is 35.4 Å². The highest BCUT2D eigenvalue weighted by Gasteiger charge is 2.22. The molecule has 1 aliphatic rings. The van der Waals surface area contributed by atoms with Crippen LogP contribution in [0.25, 0.3) is 0 Å². The number of amides is 1. The van der Waals surface area contributed by atoms with Crippen LogP contribution in [0.2, 0.25) is 0 Å². The number of carbonyl (C=O) groups excluding carboxylic acids is 1. The van der Waals surface area contributed by atoms with Crippen LogP contribution in [0.15, 0.2) is 24.3 Å². The average molecular weight is 302 g/mol. The van der Waals surface area contributed by atoms with Crippen LogP contribution in [0.3, 0.4) is 0 Å². The fourth-order valence-electron chi connectivity index (χ4n) is 3.49. The van der Waals surface area contributed by atoms with Crippen molar-refractivity contribution >= 4 is 5.91 Å². The summed E-state index contributed by atoms with van der Waals surface area (Å²) >= 11 is 0. The zero-order valence-electron chi connectivity index (χ0n) is 14.0. The van der Waals surface area contributed by atoms with E-state index in [9.17, 15) is 4.79 Å². The van der Waals surface area contributed by atoms with Crippen LogP contribution in [0.5, 0.6) is 0 Å². The fourth-order valence-corrected chi connectivity index (χ4v) is 3.49. The van der Waals surface area contributed by atoms with Crippen LogP contribution < -0.4 is 10.6 Å². The summed E-state index contributed by atoms with van der Waals surface area (Å²) in [5, 5.41) is 6.40. The molecule has 0 heterocycles. The Morgan fingerprint density at radius 2 is 1.91 bits per heavy atom. The van der Waals surface area contributed by atoms with Gasteiger partial charge in [0.05, 0.1) is 0 Å². The molecule has 0 saturated heterocycles. The third kappa shape index (κ3) is 4.84. The first-order valence-electron chi connectivity index (χ1n) is 8.78. The van der Waals surface area contributed by atoms with Gasteiger partial charge in [0.15, 0.2) is 0 Å². The number of benzene rings is 1. The van der Waals surface area contributed by atoms with Gasteiger partial charge in [-0.2, -0.15) is 0 Å². The Hall–Kier alpha value is -1.35. The molecule has 0 radical (unpaired) electrons. The number of likely N-dealkylation sites (N-methyl/N-ethyl adjacent to an activating group) is 1. The van der Waals surface area contributed by atoms with Gasteiger partial charge in [0.2, 0.25) is 0 Å². The van der Waals surface area contributed by atoms with Gasteiger partial charge in [-0.1, -0.05) is 38.0 Å². The summed E-state index contributed by atoms with van der Waals surface area (Å²) in [5.41, 5.74) is 1.97. The van der Waals surface area contributed by atoms with E-state index in [2.05, 4.69) is 23.6 Å². The number of nitrogens with one attached hydrogen (secondary N) is 2. The topological polar surface area (TPSA) is 41.1 Å². The number of hydrogen-bond donors (Lipinski definition) is 2. The fraction of sp³-hybridized carbons (Fsp3) is 0.632. The van der Waals surface area contributed by atoms with Crippen molar-refractivity contribution < 1.29 is 4.79 Å². The minimum absolute atomic E-state index is 0.102. The van der Waals surface area contributed by atoms with E-state index >= 15 is 0 Å². The monoisotopic (exact) mass is 302 g/mol. The average Bonchev–Trinajstić information content (AvgIpc) is 2.55. The van der Waals surface area contributed by atoms with E-state index in [1.807, 2.05) is 25.2 Å². The molecule has 1 saturated carbocycles. The lowest BCUT2D eigenvalue weighted by Crippen LogP contribution is -2.38. The molecule has 1 fully saturated rings. The number of hydrogen-bond acceptors (Lipinski definition) is 2. The standard InChI is InChI=1S/C19H30N2O/c1-3-6-15-9-11-17(12-10-15)21-19(22)18-8-5-4-7-16(18)13-14-20-2/h4-5,7-8,15,17,20H,3,6,9-14H2,1-2H3,(H,21,22). The van der Waals surface area contributed by atoms with E-state index in [1.54, 1.807) is 0 Å². The van der Waals surface area contributed by atoms with Crippen molar-refractivity contribution in [2.24, 2.45) is 5.92 Å². The van der Waals surface area contributed by atoms with Gasteiger partial charge in [-0.3, -0.25) is 4.79 Å². The second kappa shape index (κ2) is 8.94. The Bertz CT molecular complexity index is 464. The molecule has 0 atom stereocenters. The predicted molar refractivity (Wildman–Crippen MR) is 92.2 cm³/mol. The zero-order valence-corrected chi connectivity index (χ0v) is 14.0. The Morgan fingerprint density at radius 1 is 1.18 bits per heavy atom. The lowest BCUT2D eigenvalue weighted by atomic mass is 9.83. The van der Waals surface area contributed by atoms with Crippen molar-refractivity contribution in [3.63, 3.8) is 0 Å². The molecule has 3 heteroatoms. The van der Waals surface area contributed by atoms with E-state index in [-0.39, 0.29) is 5.91 Å². The van der Waals surface area contributed by atoms with Crippen LogP contribution in [-0.2, 0) is 6.42 Å². The molecule has 3 nitrogen and oxygen atoms in total. The second-order valence-electron chi connectivity index (χ2n) is 6.49. The Kier molecular flexibility index (Phi) is 6.91. The van der Waals surface area contributed by atoms with E-state index in [0.717, 1.165) is 42.9 Å². The molecule has 0 bridgehead atoms. The third-order valence-corrected chi connectivity index (χ3v) is 4.79. The van der Waals surface area contributed by atoms with Crippen LogP contribution in [0, 0.1) is 5.92 Å². The first kappa shape index (κ1) is 17.0. The molecular formula is C19H30N2O. The van der Waals surface area contributed by atoms with Gasteiger partial charge in [0.1, 0.15) is 0 Å². The van der Waals surface area contributed by atoms with Gasteiger partial charge >= 0.3 is 0 Å². The van der Waals surface area contributed by atoms with E-state index in [1.165, 1.54) is 25.7 Å². The molecule has 0 aliphatic heterocycles. The molecule has 1 aliphatic carbocycles. The molecule has 0 aromatic heterocycles. The quantitative estimate of drug-likeness (QED) is 0.809. The van der Waals surface area contributed by atoms with Crippen molar-refractivity contribution in [1.82, 2.24) is 10.6 Å². The van der Waals surface area contributed by atoms with Crippen molar-refractivity contribution in [2.75, 3.05) is 13.6 Å². The van der Waals surface area contributed by atoms with Crippen LogP contribution in [-0.4, -0.2) is 25.5 Å². The largest absolute Gasteiger partial charge is 0.349 e. The highest BCUT2D eigenvalue weighted by atomic mass is 16.1. The molecule has 22 heavy (non-hydrogen) atoms. The zero-order chi connectivity index (χ0) is 15.8. The summed E-state index contributed by atoms with van der Waals surface area (Å²) in [5.74, 6) is 0.978. The first-order valence-corrected chi connectivity index (χ1v) is 8.78. The molecule has 2 N–H and O–H groups in total. The van der Waals surface area contributed by atoms with Crippen molar-refractivity contribution in [1.29, 1.82) is 0 Å². The van der Waals surface area contributed by atoms with Gasteiger partial charge in [0, 0.05) is 11.6 Å². The SMILES string of the molecule is CCCC1CCC(NC(=O)c2ccccc2CCNC)CC1. The van der Waals surface area contributed by atoms with E-state index in [4.69, 9.17) is 0 Å². The van der Waals surface area contributed by atoms with E-state index < -0.39 is 0 Å². The van der Waals surface area contributed by atoms with Gasteiger partial charge in [-0.05, 0) is 63.2 Å². The molecular weight excluding hydrogens is 272 g/mol. The maximum Gasteiger partial charge on any atom is 0.251 e. The highest BCUT2D eigenvalue weighted by Crippen LogP contribution is 2.28. The second-order valence-corrected chi connectivity index (χ2v) is 6.49. The van der Waals surface area contributed by atoms with Crippen molar-refractivity contribution in [2.45, 2.75) is 57.9 Å². The van der Waals surface area contributed by atoms with Gasteiger partial charge in [-0.25, -0.2) is 0 Å². The molecule has 1 aromatic rings. The van der Waals surface area contributed by atoms with Gasteiger partial charge in [0.25, 0.3) is 5.91 Å². The smallest absolute Gasteiger partial charge is 0.251 e. The predicted octanol–water partition coefficient (Wildman–Crippen LogP) is 3.54. The lowest BCUT2D eigenvalue weighted by Gasteiger charge is -2.29. The Balaban J connectivity index is 1.90. The van der Waals surface area contributed by atoms with Crippen LogP contribution in [0.1, 0.15) is 61.4 Å². The van der Waals surface area contributed by atoms with E-state index in [0.29, 0.717) is 6.04 Å². The van der Waals surface area contributed by atoms with Gasteiger partial charge < -0.3 is 10.6 Å². The molecule has 0 spiro atoms. The van der Waals surface area contributed by atoms with Gasteiger partial charge in [-0.15, -0.1) is 0 Å². The summed E-state index contributed by atoms with van der Waals surface area (Å²) in [6.07, 6.45) is 8.31. The highest BCUT2D eigenvalue weighted by molar-refractivity contribution is 5.95. The summed E-state index contributed by atoms with van der Waals surface area (Å²) in [6.45, 7) is 3.16. The van der Waals surface area contributed by atoms with Crippen LogP contribution in [0.4, 0.5) is 0 Å². The summed E-state index contributed by atoms with van der Waals surface area (Å²) in [6, 6.07) is 8.33. The molecule has 1 amide bonds.